The van der Waals surface area contributed by atoms with E-state index in [-0.39, 0.29) is 18.1 Å². The van der Waals surface area contributed by atoms with Gasteiger partial charge in [0.05, 0.1) is 5.56 Å². The van der Waals surface area contributed by atoms with Crippen LogP contribution >= 0.6 is 0 Å². The van der Waals surface area contributed by atoms with Crippen LogP contribution in [0.2, 0.25) is 0 Å². The highest BCUT2D eigenvalue weighted by atomic mass is 16.5. The predicted molar refractivity (Wildman–Crippen MR) is 74.3 cm³/mol. The van der Waals surface area contributed by atoms with Gasteiger partial charge in [0.2, 0.25) is 5.89 Å². The van der Waals surface area contributed by atoms with E-state index in [9.17, 15) is 10.0 Å². The largest absolute Gasteiger partial charge is 0.619 e. The highest BCUT2D eigenvalue weighted by Crippen LogP contribution is 2.17. The summed E-state index contributed by atoms with van der Waals surface area (Å²) in [5.74, 6) is -0.0131. The normalized spacial score (nSPS) is 10.4. The van der Waals surface area contributed by atoms with E-state index in [2.05, 4.69) is 10.2 Å². The molecule has 0 fully saturated rings. The number of carbonyl (C=O) groups is 1. The lowest BCUT2D eigenvalue weighted by Crippen LogP contribution is -2.24. The maximum Gasteiger partial charge on any atom is 0.339 e. The molecule has 0 atom stereocenters. The first-order valence-electron chi connectivity index (χ1n) is 6.46. The first kappa shape index (κ1) is 13.7. The number of hydrogen-bond acceptors (Lipinski definition) is 6. The van der Waals surface area contributed by atoms with E-state index in [0.717, 1.165) is 5.56 Å². The van der Waals surface area contributed by atoms with Crippen LogP contribution in [0.4, 0.5) is 0 Å². The fourth-order valence-corrected chi connectivity index (χ4v) is 1.77. The molecule has 3 rings (SSSR count). The highest BCUT2D eigenvalue weighted by molar-refractivity contribution is 5.88. The van der Waals surface area contributed by atoms with Gasteiger partial charge >= 0.3 is 5.97 Å². The van der Waals surface area contributed by atoms with Crippen molar-refractivity contribution in [2.75, 3.05) is 0 Å². The third-order valence-electron chi connectivity index (χ3n) is 2.85. The number of rotatable bonds is 4. The molecule has 0 bridgehead atoms. The number of nitrogens with zero attached hydrogens (tertiary/aromatic N) is 3. The lowest BCUT2D eigenvalue weighted by Gasteiger charge is -2.01. The zero-order valence-corrected chi connectivity index (χ0v) is 11.4. The SMILES string of the molecule is O=C(OCc1nnc(-c2ccccc2)o1)c1cc[n+]([O-])cc1. The predicted octanol–water partition coefficient (Wildman–Crippen LogP) is 1.73. The molecule has 0 N–H and O–H groups in total. The van der Waals surface area contributed by atoms with Crippen molar-refractivity contribution in [2.45, 2.75) is 6.61 Å². The molecule has 0 saturated heterocycles. The smallest absolute Gasteiger partial charge is 0.339 e. The van der Waals surface area contributed by atoms with Gasteiger partial charge in [0.1, 0.15) is 0 Å². The molecule has 7 heteroatoms. The molecule has 22 heavy (non-hydrogen) atoms. The van der Waals surface area contributed by atoms with Gasteiger partial charge in [-0.3, -0.25) is 0 Å². The summed E-state index contributed by atoms with van der Waals surface area (Å²) < 4.78 is 11.1. The van der Waals surface area contributed by atoms with E-state index in [1.54, 1.807) is 0 Å². The monoisotopic (exact) mass is 297 g/mol. The minimum Gasteiger partial charge on any atom is -0.619 e. The van der Waals surface area contributed by atoms with E-state index in [4.69, 9.17) is 9.15 Å². The summed E-state index contributed by atoms with van der Waals surface area (Å²) in [7, 11) is 0. The number of carbonyl (C=O) groups excluding carboxylic acids is 1. The molecule has 0 aliphatic rings. The fourth-order valence-electron chi connectivity index (χ4n) is 1.77. The van der Waals surface area contributed by atoms with E-state index < -0.39 is 5.97 Å². The van der Waals surface area contributed by atoms with Gasteiger partial charge < -0.3 is 14.4 Å². The summed E-state index contributed by atoms with van der Waals surface area (Å²) in [6, 6.07) is 12.0. The van der Waals surface area contributed by atoms with Crippen LogP contribution in [0.5, 0.6) is 0 Å². The van der Waals surface area contributed by atoms with Crippen LogP contribution < -0.4 is 4.73 Å². The van der Waals surface area contributed by atoms with Crippen molar-refractivity contribution in [1.82, 2.24) is 10.2 Å². The van der Waals surface area contributed by atoms with E-state index in [0.29, 0.717) is 10.6 Å². The number of benzene rings is 1. The Balaban J connectivity index is 1.64. The maximum absolute atomic E-state index is 11.8. The van der Waals surface area contributed by atoms with Gasteiger partial charge in [0.15, 0.2) is 19.0 Å². The number of ether oxygens (including phenoxy) is 1. The zero-order chi connectivity index (χ0) is 15.4. The van der Waals surface area contributed by atoms with Crippen LogP contribution in [0, 0.1) is 5.21 Å². The maximum atomic E-state index is 11.8. The molecule has 7 nitrogen and oxygen atoms in total. The average molecular weight is 297 g/mol. The van der Waals surface area contributed by atoms with Gasteiger partial charge in [0, 0.05) is 17.7 Å². The van der Waals surface area contributed by atoms with Crippen LogP contribution in [-0.4, -0.2) is 16.2 Å². The fraction of sp³-hybridized carbons (Fsp3) is 0.0667. The highest BCUT2D eigenvalue weighted by Gasteiger charge is 2.12. The molecule has 0 saturated carbocycles. The molecule has 0 amide bonds. The van der Waals surface area contributed by atoms with Gasteiger partial charge in [-0.05, 0) is 12.1 Å². The first-order chi connectivity index (χ1) is 10.7. The Morgan fingerprint density at radius 1 is 1.14 bits per heavy atom. The Kier molecular flexibility index (Phi) is 3.78. The number of hydrogen-bond donors (Lipinski definition) is 0. The molecule has 3 aromatic rings. The third-order valence-corrected chi connectivity index (χ3v) is 2.85. The van der Waals surface area contributed by atoms with Crippen molar-refractivity contribution in [3.05, 3.63) is 71.5 Å². The summed E-state index contributed by atoms with van der Waals surface area (Å²) in [6.07, 6.45) is 2.44. The second-order valence-corrected chi connectivity index (χ2v) is 4.39. The van der Waals surface area contributed by atoms with E-state index >= 15 is 0 Å². The van der Waals surface area contributed by atoms with Crippen molar-refractivity contribution in [3.63, 3.8) is 0 Å². The molecule has 2 heterocycles. The number of pyridine rings is 1. The molecule has 2 aromatic heterocycles. The summed E-state index contributed by atoms with van der Waals surface area (Å²) in [6.45, 7) is -0.134. The lowest BCUT2D eigenvalue weighted by molar-refractivity contribution is -0.605. The van der Waals surface area contributed by atoms with Crippen LogP contribution in [-0.2, 0) is 11.3 Å². The number of esters is 1. The average Bonchev–Trinajstić information content (AvgIpc) is 3.03. The lowest BCUT2D eigenvalue weighted by atomic mass is 10.2. The summed E-state index contributed by atoms with van der Waals surface area (Å²) >= 11 is 0. The van der Waals surface area contributed by atoms with Gasteiger partial charge in [-0.1, -0.05) is 18.2 Å². The van der Waals surface area contributed by atoms with Crippen molar-refractivity contribution in [2.24, 2.45) is 0 Å². The summed E-state index contributed by atoms with van der Waals surface area (Å²) in [5, 5.41) is 18.6. The standard InChI is InChI=1S/C15H11N3O4/c19-15(12-6-8-18(20)9-7-12)21-10-13-16-17-14(22-13)11-4-2-1-3-5-11/h1-9H,10H2. The van der Waals surface area contributed by atoms with E-state index in [1.165, 1.54) is 24.5 Å². The molecule has 0 spiro atoms. The minimum absolute atomic E-state index is 0.134. The van der Waals surface area contributed by atoms with Gasteiger partial charge in [-0.2, -0.15) is 4.73 Å². The molecule has 110 valence electrons. The third kappa shape index (κ3) is 3.09. The Hall–Kier alpha value is -3.22. The Labute approximate surface area is 125 Å². The quantitative estimate of drug-likeness (QED) is 0.413. The molecular weight excluding hydrogens is 286 g/mol. The van der Waals surface area contributed by atoms with Gasteiger partial charge in [0.25, 0.3) is 5.89 Å². The number of aromatic nitrogens is 3. The first-order valence-corrected chi connectivity index (χ1v) is 6.46. The van der Waals surface area contributed by atoms with Crippen molar-refractivity contribution in [1.29, 1.82) is 0 Å². The zero-order valence-electron chi connectivity index (χ0n) is 11.4. The second-order valence-electron chi connectivity index (χ2n) is 4.39. The molecule has 1 aromatic carbocycles. The summed E-state index contributed by atoms with van der Waals surface area (Å²) in [4.78, 5) is 11.8. The Morgan fingerprint density at radius 2 is 1.86 bits per heavy atom. The summed E-state index contributed by atoms with van der Waals surface area (Å²) in [5.41, 5.74) is 1.06. The van der Waals surface area contributed by atoms with Gasteiger partial charge in [-0.15, -0.1) is 10.2 Å². The minimum atomic E-state index is -0.569. The van der Waals surface area contributed by atoms with Crippen LogP contribution in [0.25, 0.3) is 11.5 Å². The van der Waals surface area contributed by atoms with Crippen molar-refractivity contribution in [3.8, 4) is 11.5 Å². The molecule has 0 aliphatic carbocycles. The topological polar surface area (TPSA) is 92.2 Å². The van der Waals surface area contributed by atoms with Crippen molar-refractivity contribution >= 4 is 5.97 Å². The van der Waals surface area contributed by atoms with Crippen LogP contribution in [0.1, 0.15) is 16.2 Å². The van der Waals surface area contributed by atoms with E-state index in [1.807, 2.05) is 30.3 Å². The molecule has 0 radical (unpaired) electrons. The van der Waals surface area contributed by atoms with Crippen LogP contribution in [0.15, 0.2) is 59.3 Å². The Bertz CT molecular complexity index is 769. The molecular formula is C15H11N3O4. The van der Waals surface area contributed by atoms with Crippen LogP contribution in [0.3, 0.4) is 0 Å². The van der Waals surface area contributed by atoms with Crippen molar-refractivity contribution < 1.29 is 18.7 Å². The second kappa shape index (κ2) is 6.04. The molecule has 0 unspecified atom stereocenters. The Morgan fingerprint density at radius 3 is 2.59 bits per heavy atom. The van der Waals surface area contributed by atoms with Gasteiger partial charge in [-0.25, -0.2) is 4.79 Å². The molecule has 0 aliphatic heterocycles.